The summed E-state index contributed by atoms with van der Waals surface area (Å²) >= 11 is 0. The summed E-state index contributed by atoms with van der Waals surface area (Å²) in [6.07, 6.45) is 2.72. The first kappa shape index (κ1) is 20.4. The van der Waals surface area contributed by atoms with E-state index in [1.54, 1.807) is 18.2 Å². The number of piperidine rings is 1. The summed E-state index contributed by atoms with van der Waals surface area (Å²) in [6, 6.07) is 17.9. The van der Waals surface area contributed by atoms with E-state index in [0.717, 1.165) is 30.0 Å². The molecule has 1 N–H and O–H groups in total. The molecule has 1 aliphatic rings. The average Bonchev–Trinajstić information content (AvgIpc) is 2.79. The highest BCUT2D eigenvalue weighted by molar-refractivity contribution is 7.89. The minimum absolute atomic E-state index is 0.0719. The first-order chi connectivity index (χ1) is 14.5. The molecule has 3 aromatic carbocycles. The maximum atomic E-state index is 13.2. The van der Waals surface area contributed by atoms with Crippen molar-refractivity contribution >= 4 is 32.4 Å². The molecule has 0 atom stereocenters. The monoisotopic (exact) mass is 424 g/mol. The van der Waals surface area contributed by atoms with Gasteiger partial charge < -0.3 is 10.1 Å². The molecule has 1 aliphatic heterocycles. The van der Waals surface area contributed by atoms with Gasteiger partial charge in [0, 0.05) is 24.3 Å². The van der Waals surface area contributed by atoms with Crippen LogP contribution in [0.1, 0.15) is 29.6 Å². The Balaban J connectivity index is 1.67. The van der Waals surface area contributed by atoms with Crippen LogP contribution in [0.15, 0.2) is 65.6 Å². The van der Waals surface area contributed by atoms with E-state index in [0.29, 0.717) is 24.3 Å². The summed E-state index contributed by atoms with van der Waals surface area (Å²) in [6.45, 7) is 0.996. The number of carbonyl (C=O) groups excluding carboxylic acids is 1. The number of amides is 1. The van der Waals surface area contributed by atoms with Gasteiger partial charge in [-0.15, -0.1) is 0 Å². The van der Waals surface area contributed by atoms with Crippen LogP contribution in [-0.4, -0.2) is 38.8 Å². The van der Waals surface area contributed by atoms with Gasteiger partial charge in [0.1, 0.15) is 10.6 Å². The molecule has 0 aliphatic carbocycles. The minimum atomic E-state index is -3.71. The Labute approximate surface area is 176 Å². The van der Waals surface area contributed by atoms with E-state index < -0.39 is 10.0 Å². The van der Waals surface area contributed by atoms with E-state index in [4.69, 9.17) is 4.74 Å². The summed E-state index contributed by atoms with van der Waals surface area (Å²) in [7, 11) is -2.26. The molecule has 1 amide bonds. The molecule has 1 fully saturated rings. The number of hydrogen-bond donors (Lipinski definition) is 1. The molecule has 30 heavy (non-hydrogen) atoms. The Bertz CT molecular complexity index is 1180. The standard InChI is InChI=1S/C23H24N2O4S/c1-29-21-13-12-18(16-22(21)30(27,28)25-14-5-2-6-15-25)24-23(26)20-11-7-9-17-8-3-4-10-19(17)20/h3-4,7-13,16H,2,5-6,14-15H2,1H3,(H,24,26). The minimum Gasteiger partial charge on any atom is -0.495 e. The zero-order valence-corrected chi connectivity index (χ0v) is 17.6. The Morgan fingerprint density at radius 2 is 1.70 bits per heavy atom. The predicted octanol–water partition coefficient (Wildman–Crippen LogP) is 4.28. The van der Waals surface area contributed by atoms with Crippen molar-refractivity contribution in [3.05, 3.63) is 66.2 Å². The number of carbonyl (C=O) groups is 1. The smallest absolute Gasteiger partial charge is 0.256 e. The molecule has 1 heterocycles. The number of benzene rings is 3. The summed E-state index contributed by atoms with van der Waals surface area (Å²) in [5.41, 5.74) is 0.939. The highest BCUT2D eigenvalue weighted by Gasteiger charge is 2.29. The summed E-state index contributed by atoms with van der Waals surface area (Å²) < 4.78 is 33.2. The Morgan fingerprint density at radius 1 is 0.967 bits per heavy atom. The number of anilines is 1. The molecule has 6 nitrogen and oxygen atoms in total. The fourth-order valence-corrected chi connectivity index (χ4v) is 5.52. The largest absolute Gasteiger partial charge is 0.495 e. The van der Waals surface area contributed by atoms with E-state index in [2.05, 4.69) is 5.32 Å². The normalized spacial score (nSPS) is 15.1. The molecule has 0 unspecified atom stereocenters. The van der Waals surface area contributed by atoms with Crippen LogP contribution in [0.3, 0.4) is 0 Å². The van der Waals surface area contributed by atoms with E-state index in [9.17, 15) is 13.2 Å². The fraction of sp³-hybridized carbons (Fsp3) is 0.261. The molecular formula is C23H24N2O4S. The van der Waals surface area contributed by atoms with Crippen LogP contribution < -0.4 is 10.1 Å². The third-order valence-electron chi connectivity index (χ3n) is 5.39. The van der Waals surface area contributed by atoms with Gasteiger partial charge in [0.25, 0.3) is 5.91 Å². The molecule has 3 aromatic rings. The highest BCUT2D eigenvalue weighted by Crippen LogP contribution is 2.31. The topological polar surface area (TPSA) is 75.7 Å². The summed E-state index contributed by atoms with van der Waals surface area (Å²) in [5.74, 6) is -0.0259. The number of fused-ring (bicyclic) bond motifs is 1. The lowest BCUT2D eigenvalue weighted by molar-refractivity contribution is 0.102. The number of ether oxygens (including phenoxy) is 1. The van der Waals surface area contributed by atoms with E-state index in [1.165, 1.54) is 17.5 Å². The maximum Gasteiger partial charge on any atom is 0.256 e. The molecule has 156 valence electrons. The van der Waals surface area contributed by atoms with E-state index in [1.807, 2.05) is 36.4 Å². The van der Waals surface area contributed by atoms with Gasteiger partial charge in [-0.1, -0.05) is 42.8 Å². The third-order valence-corrected chi connectivity index (χ3v) is 7.31. The first-order valence-electron chi connectivity index (χ1n) is 9.98. The van der Waals surface area contributed by atoms with Gasteiger partial charge in [-0.05, 0) is 47.9 Å². The molecule has 1 saturated heterocycles. The van der Waals surface area contributed by atoms with Gasteiger partial charge in [-0.2, -0.15) is 4.31 Å². The molecular weight excluding hydrogens is 400 g/mol. The van der Waals surface area contributed by atoms with Gasteiger partial charge in [0.2, 0.25) is 10.0 Å². The highest BCUT2D eigenvalue weighted by atomic mass is 32.2. The third kappa shape index (κ3) is 3.91. The van der Waals surface area contributed by atoms with Crippen LogP contribution in [0.5, 0.6) is 5.75 Å². The lowest BCUT2D eigenvalue weighted by Crippen LogP contribution is -2.35. The number of rotatable bonds is 5. The molecule has 0 spiro atoms. The second-order valence-corrected chi connectivity index (χ2v) is 9.22. The summed E-state index contributed by atoms with van der Waals surface area (Å²) in [4.78, 5) is 13.0. The van der Waals surface area contributed by atoms with Gasteiger partial charge >= 0.3 is 0 Å². The number of hydrogen-bond acceptors (Lipinski definition) is 4. The quantitative estimate of drug-likeness (QED) is 0.663. The van der Waals surface area contributed by atoms with Crippen LogP contribution in [0, 0.1) is 0 Å². The number of nitrogens with one attached hydrogen (secondary N) is 1. The van der Waals surface area contributed by atoms with E-state index >= 15 is 0 Å². The van der Waals surface area contributed by atoms with Crippen molar-refractivity contribution in [1.29, 1.82) is 0 Å². The predicted molar refractivity (Wildman–Crippen MR) is 118 cm³/mol. The van der Waals surface area contributed by atoms with Crippen LogP contribution in [-0.2, 0) is 10.0 Å². The molecule has 0 radical (unpaired) electrons. The number of methoxy groups -OCH3 is 1. The van der Waals surface area contributed by atoms with Crippen molar-refractivity contribution in [1.82, 2.24) is 4.31 Å². The van der Waals surface area contributed by atoms with Gasteiger partial charge in [-0.25, -0.2) is 8.42 Å². The Kier molecular flexibility index (Phi) is 5.74. The lowest BCUT2D eigenvalue weighted by atomic mass is 10.0. The van der Waals surface area contributed by atoms with Crippen LogP contribution >= 0.6 is 0 Å². The average molecular weight is 425 g/mol. The molecule has 0 saturated carbocycles. The van der Waals surface area contributed by atoms with Crippen molar-refractivity contribution in [2.75, 3.05) is 25.5 Å². The molecule has 4 rings (SSSR count). The van der Waals surface area contributed by atoms with Crippen molar-refractivity contribution in [2.45, 2.75) is 24.2 Å². The zero-order chi connectivity index (χ0) is 21.1. The zero-order valence-electron chi connectivity index (χ0n) is 16.8. The van der Waals surface area contributed by atoms with Crippen molar-refractivity contribution < 1.29 is 17.9 Å². The van der Waals surface area contributed by atoms with Crippen LogP contribution in [0.25, 0.3) is 10.8 Å². The number of nitrogens with zero attached hydrogens (tertiary/aromatic N) is 1. The fourth-order valence-electron chi connectivity index (χ4n) is 3.82. The summed E-state index contributed by atoms with van der Waals surface area (Å²) in [5, 5.41) is 4.65. The number of sulfonamides is 1. The first-order valence-corrected chi connectivity index (χ1v) is 11.4. The maximum absolute atomic E-state index is 13.2. The second-order valence-electron chi connectivity index (χ2n) is 7.31. The van der Waals surface area contributed by atoms with Crippen LogP contribution in [0.4, 0.5) is 5.69 Å². The van der Waals surface area contributed by atoms with Gasteiger partial charge in [-0.3, -0.25) is 4.79 Å². The van der Waals surface area contributed by atoms with E-state index in [-0.39, 0.29) is 16.6 Å². The molecule has 0 aromatic heterocycles. The SMILES string of the molecule is COc1ccc(NC(=O)c2cccc3ccccc23)cc1S(=O)(=O)N1CCCCC1. The van der Waals surface area contributed by atoms with Gasteiger partial charge in [0.15, 0.2) is 0 Å². The van der Waals surface area contributed by atoms with Crippen molar-refractivity contribution in [3.8, 4) is 5.75 Å². The lowest BCUT2D eigenvalue weighted by Gasteiger charge is -2.26. The van der Waals surface area contributed by atoms with Crippen molar-refractivity contribution in [3.63, 3.8) is 0 Å². The van der Waals surface area contributed by atoms with Crippen molar-refractivity contribution in [2.24, 2.45) is 0 Å². The Hall–Kier alpha value is -2.90. The second kappa shape index (κ2) is 8.45. The molecule has 7 heteroatoms. The van der Waals surface area contributed by atoms with Gasteiger partial charge in [0.05, 0.1) is 7.11 Å². The molecule has 0 bridgehead atoms. The Morgan fingerprint density at radius 3 is 2.47 bits per heavy atom. The van der Waals surface area contributed by atoms with Crippen LogP contribution in [0.2, 0.25) is 0 Å².